The van der Waals surface area contributed by atoms with E-state index < -0.39 is 6.10 Å². The Morgan fingerprint density at radius 2 is 2.00 bits per heavy atom. The van der Waals surface area contributed by atoms with Crippen molar-refractivity contribution in [3.8, 4) is 11.6 Å². The van der Waals surface area contributed by atoms with Crippen molar-refractivity contribution in [1.82, 2.24) is 4.98 Å². The summed E-state index contributed by atoms with van der Waals surface area (Å²) in [4.78, 5) is 4.22. The zero-order valence-corrected chi connectivity index (χ0v) is 10.6. The van der Waals surface area contributed by atoms with Gasteiger partial charge in [0.15, 0.2) is 0 Å². The van der Waals surface area contributed by atoms with Crippen LogP contribution in [0.5, 0.6) is 11.6 Å². The van der Waals surface area contributed by atoms with E-state index >= 15 is 0 Å². The maximum Gasteiger partial charge on any atom is 0.219 e. The van der Waals surface area contributed by atoms with Crippen LogP contribution in [0.15, 0.2) is 42.6 Å². The Kier molecular flexibility index (Phi) is 3.95. The summed E-state index contributed by atoms with van der Waals surface area (Å²) in [6.07, 6.45) is 1.91. The van der Waals surface area contributed by atoms with Gasteiger partial charge >= 0.3 is 0 Å². The zero-order valence-electron chi connectivity index (χ0n) is 10.6. The lowest BCUT2D eigenvalue weighted by Gasteiger charge is -2.12. The fourth-order valence-electron chi connectivity index (χ4n) is 1.77. The average Bonchev–Trinajstić information content (AvgIpc) is 2.39. The molecule has 94 valence electrons. The molecule has 1 atom stereocenters. The predicted molar refractivity (Wildman–Crippen MR) is 70.7 cm³/mol. The molecule has 0 fully saturated rings. The molecule has 0 bridgehead atoms. The van der Waals surface area contributed by atoms with Gasteiger partial charge < -0.3 is 9.84 Å². The molecule has 1 N–H and O–H groups in total. The maximum atomic E-state index is 9.81. The number of aliphatic hydroxyl groups is 1. The molecule has 1 aromatic heterocycles. The summed E-state index contributed by atoms with van der Waals surface area (Å²) in [6.45, 7) is 3.90. The Hall–Kier alpha value is -1.87. The smallest absolute Gasteiger partial charge is 0.219 e. The van der Waals surface area contributed by atoms with Gasteiger partial charge in [0.25, 0.3) is 0 Å². The van der Waals surface area contributed by atoms with Gasteiger partial charge in [0.1, 0.15) is 5.75 Å². The average molecular weight is 243 g/mol. The Balaban J connectivity index is 2.19. The van der Waals surface area contributed by atoms with Crippen molar-refractivity contribution in [3.63, 3.8) is 0 Å². The van der Waals surface area contributed by atoms with E-state index in [0.29, 0.717) is 12.3 Å². The number of nitrogens with zero attached hydrogens (tertiary/aromatic N) is 1. The molecule has 2 rings (SSSR count). The van der Waals surface area contributed by atoms with Gasteiger partial charge in [-0.15, -0.1) is 0 Å². The van der Waals surface area contributed by atoms with E-state index in [1.165, 1.54) is 0 Å². The second-order valence-corrected chi connectivity index (χ2v) is 4.22. The molecule has 0 spiro atoms. The topological polar surface area (TPSA) is 42.4 Å². The molecule has 2 aromatic rings. The van der Waals surface area contributed by atoms with E-state index in [1.54, 1.807) is 6.20 Å². The van der Waals surface area contributed by atoms with Gasteiger partial charge in [0.2, 0.25) is 5.88 Å². The molecule has 1 heterocycles. The molecular weight excluding hydrogens is 226 g/mol. The highest BCUT2D eigenvalue weighted by atomic mass is 16.5. The Bertz CT molecular complexity index is 511. The maximum absolute atomic E-state index is 9.81. The first-order valence-corrected chi connectivity index (χ1v) is 6.08. The summed E-state index contributed by atoms with van der Waals surface area (Å²) in [5, 5.41) is 9.81. The molecular formula is C15H17NO2. The van der Waals surface area contributed by atoms with Crippen LogP contribution >= 0.6 is 0 Å². The number of benzene rings is 1. The molecule has 1 unspecified atom stereocenters. The molecule has 18 heavy (non-hydrogen) atoms. The molecule has 1 aromatic carbocycles. The molecule has 0 aliphatic carbocycles. The Morgan fingerprint density at radius 3 is 2.61 bits per heavy atom. The molecule has 0 amide bonds. The monoisotopic (exact) mass is 243 g/mol. The Labute approximate surface area is 107 Å². The van der Waals surface area contributed by atoms with E-state index in [0.717, 1.165) is 16.9 Å². The first kappa shape index (κ1) is 12.6. The van der Waals surface area contributed by atoms with E-state index in [9.17, 15) is 5.11 Å². The summed E-state index contributed by atoms with van der Waals surface area (Å²) in [5.74, 6) is 1.30. The molecule has 0 radical (unpaired) electrons. The largest absolute Gasteiger partial charge is 0.439 e. The first-order valence-electron chi connectivity index (χ1n) is 6.08. The highest BCUT2D eigenvalue weighted by molar-refractivity contribution is 5.33. The van der Waals surface area contributed by atoms with Crippen LogP contribution in [0, 0.1) is 6.92 Å². The van der Waals surface area contributed by atoms with Crippen molar-refractivity contribution in [2.75, 3.05) is 0 Å². The SMILES string of the molecule is CCC(O)c1cnc(Oc2ccccc2)cc1C. The lowest BCUT2D eigenvalue weighted by atomic mass is 10.0. The zero-order chi connectivity index (χ0) is 13.0. The fourth-order valence-corrected chi connectivity index (χ4v) is 1.77. The van der Waals surface area contributed by atoms with Crippen LogP contribution in [0.25, 0.3) is 0 Å². The normalized spacial score (nSPS) is 12.2. The van der Waals surface area contributed by atoms with Crippen LogP contribution in [0.4, 0.5) is 0 Å². The van der Waals surface area contributed by atoms with Crippen molar-refractivity contribution in [2.45, 2.75) is 26.4 Å². The van der Waals surface area contributed by atoms with Crippen molar-refractivity contribution in [1.29, 1.82) is 0 Å². The second kappa shape index (κ2) is 5.65. The number of aliphatic hydroxyl groups excluding tert-OH is 1. The fraction of sp³-hybridized carbons (Fsp3) is 0.267. The molecule has 3 nitrogen and oxygen atoms in total. The van der Waals surface area contributed by atoms with Crippen molar-refractivity contribution < 1.29 is 9.84 Å². The molecule has 0 saturated carbocycles. The molecule has 0 aliphatic heterocycles. The summed E-state index contributed by atoms with van der Waals surface area (Å²) in [6, 6.07) is 11.4. The van der Waals surface area contributed by atoms with E-state index in [-0.39, 0.29) is 0 Å². The number of ether oxygens (including phenoxy) is 1. The van der Waals surface area contributed by atoms with Gasteiger partial charge in [-0.25, -0.2) is 4.98 Å². The second-order valence-electron chi connectivity index (χ2n) is 4.22. The van der Waals surface area contributed by atoms with Crippen LogP contribution in [0.2, 0.25) is 0 Å². The highest BCUT2D eigenvalue weighted by Gasteiger charge is 2.10. The quantitative estimate of drug-likeness (QED) is 0.891. The van der Waals surface area contributed by atoms with Crippen LogP contribution in [-0.2, 0) is 0 Å². The summed E-state index contributed by atoms with van der Waals surface area (Å²) in [5.41, 5.74) is 1.85. The van der Waals surface area contributed by atoms with Gasteiger partial charge in [-0.05, 0) is 31.0 Å². The third-order valence-electron chi connectivity index (χ3n) is 2.84. The van der Waals surface area contributed by atoms with Crippen molar-refractivity contribution in [3.05, 3.63) is 53.7 Å². The highest BCUT2D eigenvalue weighted by Crippen LogP contribution is 2.25. The minimum absolute atomic E-state index is 0.455. The molecule has 0 aliphatic rings. The first-order chi connectivity index (χ1) is 8.70. The van der Waals surface area contributed by atoms with Crippen molar-refractivity contribution in [2.24, 2.45) is 0 Å². The number of aryl methyl sites for hydroxylation is 1. The van der Waals surface area contributed by atoms with E-state index in [1.807, 2.05) is 50.2 Å². The van der Waals surface area contributed by atoms with Crippen LogP contribution in [-0.4, -0.2) is 10.1 Å². The van der Waals surface area contributed by atoms with Crippen molar-refractivity contribution >= 4 is 0 Å². The number of aromatic nitrogens is 1. The third-order valence-corrected chi connectivity index (χ3v) is 2.84. The number of pyridine rings is 1. The van der Waals surface area contributed by atoms with Crippen LogP contribution < -0.4 is 4.74 Å². The number of rotatable bonds is 4. The predicted octanol–water partition coefficient (Wildman–Crippen LogP) is 3.63. The Morgan fingerprint density at radius 1 is 1.28 bits per heavy atom. The van der Waals surface area contributed by atoms with Gasteiger partial charge in [0.05, 0.1) is 6.10 Å². The third kappa shape index (κ3) is 2.87. The standard InChI is InChI=1S/C15H17NO2/c1-3-14(17)13-10-16-15(9-11(13)2)18-12-7-5-4-6-8-12/h4-10,14,17H,3H2,1-2H3. The minimum Gasteiger partial charge on any atom is -0.439 e. The van der Waals surface area contributed by atoms with Gasteiger partial charge in [-0.1, -0.05) is 25.1 Å². The number of hydrogen-bond donors (Lipinski definition) is 1. The van der Waals surface area contributed by atoms with E-state index in [2.05, 4.69) is 4.98 Å². The lowest BCUT2D eigenvalue weighted by molar-refractivity contribution is 0.172. The van der Waals surface area contributed by atoms with E-state index in [4.69, 9.17) is 4.74 Å². The summed E-state index contributed by atoms with van der Waals surface area (Å²) >= 11 is 0. The molecule has 3 heteroatoms. The summed E-state index contributed by atoms with van der Waals surface area (Å²) < 4.78 is 5.63. The number of hydrogen-bond acceptors (Lipinski definition) is 3. The van der Waals surface area contributed by atoms with Gasteiger partial charge in [-0.3, -0.25) is 0 Å². The molecule has 0 saturated heterocycles. The number of para-hydroxylation sites is 1. The van der Waals surface area contributed by atoms with Crippen LogP contribution in [0.1, 0.15) is 30.6 Å². The minimum atomic E-state index is -0.455. The van der Waals surface area contributed by atoms with Crippen LogP contribution in [0.3, 0.4) is 0 Å². The van der Waals surface area contributed by atoms with Gasteiger partial charge in [-0.2, -0.15) is 0 Å². The summed E-state index contributed by atoms with van der Waals surface area (Å²) in [7, 11) is 0. The van der Waals surface area contributed by atoms with Gasteiger partial charge in [0, 0.05) is 17.8 Å². The lowest BCUT2D eigenvalue weighted by Crippen LogP contribution is -2.00.